The van der Waals surface area contributed by atoms with E-state index in [1.165, 1.54) is 4.90 Å². The van der Waals surface area contributed by atoms with Gasteiger partial charge in [-0.25, -0.2) is 4.79 Å². The SMILES string of the molecule is CCCCNC(=O)N1CCNCC1C(N)=O. The fraction of sp³-hybridized carbons (Fsp3) is 0.800. The van der Waals surface area contributed by atoms with Crippen LogP contribution in [0.2, 0.25) is 0 Å². The second-order valence-electron chi connectivity index (χ2n) is 3.90. The zero-order valence-corrected chi connectivity index (χ0v) is 9.66. The zero-order chi connectivity index (χ0) is 12.0. The fourth-order valence-corrected chi connectivity index (χ4v) is 1.68. The predicted octanol–water partition coefficient (Wildman–Crippen LogP) is -0.745. The van der Waals surface area contributed by atoms with E-state index in [2.05, 4.69) is 17.6 Å². The van der Waals surface area contributed by atoms with Crippen molar-refractivity contribution in [2.75, 3.05) is 26.2 Å². The van der Waals surface area contributed by atoms with Crippen LogP contribution < -0.4 is 16.4 Å². The number of nitrogens with two attached hydrogens (primary N) is 1. The van der Waals surface area contributed by atoms with Gasteiger partial charge in [0.15, 0.2) is 0 Å². The number of primary amides is 1. The largest absolute Gasteiger partial charge is 0.368 e. The van der Waals surface area contributed by atoms with Crippen LogP contribution in [0.25, 0.3) is 0 Å². The Kier molecular flexibility index (Phi) is 5.04. The minimum Gasteiger partial charge on any atom is -0.368 e. The average Bonchev–Trinajstić information content (AvgIpc) is 2.29. The molecule has 0 aromatic rings. The third-order valence-corrected chi connectivity index (χ3v) is 2.64. The topological polar surface area (TPSA) is 87.5 Å². The van der Waals surface area contributed by atoms with Crippen LogP contribution >= 0.6 is 0 Å². The number of nitrogens with one attached hydrogen (secondary N) is 2. The molecule has 6 nitrogen and oxygen atoms in total. The number of piperazine rings is 1. The first-order valence-corrected chi connectivity index (χ1v) is 5.71. The van der Waals surface area contributed by atoms with Crippen LogP contribution in [-0.4, -0.2) is 49.1 Å². The van der Waals surface area contributed by atoms with Gasteiger partial charge in [-0.1, -0.05) is 13.3 Å². The first-order chi connectivity index (χ1) is 7.66. The second-order valence-corrected chi connectivity index (χ2v) is 3.90. The molecule has 0 aliphatic carbocycles. The fourth-order valence-electron chi connectivity index (χ4n) is 1.68. The first kappa shape index (κ1) is 12.8. The normalized spacial score (nSPS) is 20.6. The molecule has 1 unspecified atom stereocenters. The van der Waals surface area contributed by atoms with Crippen molar-refractivity contribution in [3.63, 3.8) is 0 Å². The Bertz CT molecular complexity index is 257. The van der Waals surface area contributed by atoms with E-state index in [0.29, 0.717) is 26.2 Å². The van der Waals surface area contributed by atoms with E-state index >= 15 is 0 Å². The van der Waals surface area contributed by atoms with Crippen LogP contribution in [0.1, 0.15) is 19.8 Å². The number of unbranched alkanes of at least 4 members (excludes halogenated alkanes) is 1. The van der Waals surface area contributed by atoms with Gasteiger partial charge in [-0.2, -0.15) is 0 Å². The Morgan fingerprint density at radius 3 is 2.94 bits per heavy atom. The molecule has 0 saturated carbocycles. The highest BCUT2D eigenvalue weighted by atomic mass is 16.2. The number of carbonyl (C=O) groups is 2. The zero-order valence-electron chi connectivity index (χ0n) is 9.66. The summed E-state index contributed by atoms with van der Waals surface area (Å²) in [6.45, 7) is 4.36. The standard InChI is InChI=1S/C10H20N4O2/c1-2-3-4-13-10(16)14-6-5-12-7-8(14)9(11)15/h8,12H,2-7H2,1H3,(H2,11,15)(H,13,16). The lowest BCUT2D eigenvalue weighted by molar-refractivity contribution is -0.122. The smallest absolute Gasteiger partial charge is 0.318 e. The molecule has 3 amide bonds. The Morgan fingerprint density at radius 2 is 2.31 bits per heavy atom. The molecule has 1 fully saturated rings. The molecule has 0 spiro atoms. The molecule has 1 saturated heterocycles. The Hall–Kier alpha value is -1.30. The summed E-state index contributed by atoms with van der Waals surface area (Å²) in [5, 5.41) is 5.84. The van der Waals surface area contributed by atoms with E-state index in [1.807, 2.05) is 0 Å². The van der Waals surface area contributed by atoms with Gasteiger partial charge in [-0.3, -0.25) is 4.79 Å². The molecule has 1 rings (SSSR count). The predicted molar refractivity (Wildman–Crippen MR) is 60.9 cm³/mol. The highest BCUT2D eigenvalue weighted by Crippen LogP contribution is 2.03. The molecule has 92 valence electrons. The van der Waals surface area contributed by atoms with E-state index in [0.717, 1.165) is 12.8 Å². The van der Waals surface area contributed by atoms with Crippen molar-refractivity contribution in [3.8, 4) is 0 Å². The maximum atomic E-state index is 11.8. The van der Waals surface area contributed by atoms with E-state index in [1.54, 1.807) is 0 Å². The Labute approximate surface area is 95.5 Å². The van der Waals surface area contributed by atoms with Crippen molar-refractivity contribution in [2.24, 2.45) is 5.73 Å². The summed E-state index contributed by atoms with van der Waals surface area (Å²) in [7, 11) is 0. The van der Waals surface area contributed by atoms with Gasteiger partial charge in [-0.05, 0) is 6.42 Å². The van der Waals surface area contributed by atoms with Crippen LogP contribution in [0.4, 0.5) is 4.79 Å². The van der Waals surface area contributed by atoms with Crippen molar-refractivity contribution in [2.45, 2.75) is 25.8 Å². The van der Waals surface area contributed by atoms with Crippen molar-refractivity contribution in [1.29, 1.82) is 0 Å². The van der Waals surface area contributed by atoms with E-state index in [-0.39, 0.29) is 6.03 Å². The van der Waals surface area contributed by atoms with Crippen LogP contribution in [-0.2, 0) is 4.79 Å². The van der Waals surface area contributed by atoms with Crippen molar-refractivity contribution in [1.82, 2.24) is 15.5 Å². The molecule has 1 aliphatic heterocycles. The molecule has 1 heterocycles. The first-order valence-electron chi connectivity index (χ1n) is 5.71. The summed E-state index contributed by atoms with van der Waals surface area (Å²) >= 11 is 0. The van der Waals surface area contributed by atoms with Gasteiger partial charge in [0, 0.05) is 26.2 Å². The molecule has 0 aromatic carbocycles. The Morgan fingerprint density at radius 1 is 1.56 bits per heavy atom. The number of hydrogen-bond acceptors (Lipinski definition) is 3. The molecular weight excluding hydrogens is 208 g/mol. The summed E-state index contributed by atoms with van der Waals surface area (Å²) < 4.78 is 0. The van der Waals surface area contributed by atoms with Gasteiger partial charge >= 0.3 is 6.03 Å². The van der Waals surface area contributed by atoms with Gasteiger partial charge in [-0.15, -0.1) is 0 Å². The van der Waals surface area contributed by atoms with E-state index in [9.17, 15) is 9.59 Å². The summed E-state index contributed by atoms with van der Waals surface area (Å²) in [5.74, 6) is -0.460. The number of nitrogens with zero attached hydrogens (tertiary/aromatic N) is 1. The summed E-state index contributed by atoms with van der Waals surface area (Å²) in [4.78, 5) is 24.4. The third kappa shape index (κ3) is 3.37. The van der Waals surface area contributed by atoms with Crippen molar-refractivity contribution < 1.29 is 9.59 Å². The van der Waals surface area contributed by atoms with Gasteiger partial charge in [0.05, 0.1) is 0 Å². The number of urea groups is 1. The summed E-state index contributed by atoms with van der Waals surface area (Å²) in [5.41, 5.74) is 5.25. The third-order valence-electron chi connectivity index (χ3n) is 2.64. The monoisotopic (exact) mass is 228 g/mol. The van der Waals surface area contributed by atoms with Gasteiger partial charge in [0.2, 0.25) is 5.91 Å². The Balaban J connectivity index is 2.47. The number of rotatable bonds is 4. The van der Waals surface area contributed by atoms with E-state index < -0.39 is 11.9 Å². The van der Waals surface area contributed by atoms with Crippen LogP contribution in [0.3, 0.4) is 0 Å². The number of amides is 3. The molecular formula is C10H20N4O2. The van der Waals surface area contributed by atoms with Gasteiger partial charge < -0.3 is 21.3 Å². The molecule has 6 heteroatoms. The summed E-state index contributed by atoms with van der Waals surface area (Å²) in [6, 6.07) is -0.728. The molecule has 16 heavy (non-hydrogen) atoms. The lowest BCUT2D eigenvalue weighted by Crippen LogP contribution is -2.60. The van der Waals surface area contributed by atoms with Crippen LogP contribution in [0.15, 0.2) is 0 Å². The average molecular weight is 228 g/mol. The minimum atomic E-state index is -0.532. The maximum Gasteiger partial charge on any atom is 0.318 e. The maximum absolute atomic E-state index is 11.8. The van der Waals surface area contributed by atoms with Crippen LogP contribution in [0, 0.1) is 0 Å². The lowest BCUT2D eigenvalue weighted by Gasteiger charge is -2.34. The summed E-state index contributed by atoms with van der Waals surface area (Å²) in [6.07, 6.45) is 1.97. The number of carbonyl (C=O) groups excluding carboxylic acids is 2. The quantitative estimate of drug-likeness (QED) is 0.554. The van der Waals surface area contributed by atoms with Crippen molar-refractivity contribution >= 4 is 11.9 Å². The molecule has 0 bridgehead atoms. The highest BCUT2D eigenvalue weighted by Gasteiger charge is 2.30. The van der Waals surface area contributed by atoms with E-state index in [4.69, 9.17) is 5.73 Å². The lowest BCUT2D eigenvalue weighted by atomic mass is 10.2. The van der Waals surface area contributed by atoms with Crippen molar-refractivity contribution in [3.05, 3.63) is 0 Å². The molecule has 0 radical (unpaired) electrons. The highest BCUT2D eigenvalue weighted by molar-refractivity contribution is 5.86. The van der Waals surface area contributed by atoms with Gasteiger partial charge in [0.25, 0.3) is 0 Å². The van der Waals surface area contributed by atoms with Crippen LogP contribution in [0.5, 0.6) is 0 Å². The number of hydrogen-bond donors (Lipinski definition) is 3. The second kappa shape index (κ2) is 6.32. The molecule has 0 aromatic heterocycles. The molecule has 1 aliphatic rings. The molecule has 1 atom stereocenters. The minimum absolute atomic E-state index is 0.196. The van der Waals surface area contributed by atoms with Gasteiger partial charge in [0.1, 0.15) is 6.04 Å². The molecule has 4 N–H and O–H groups in total.